The van der Waals surface area contributed by atoms with Crippen molar-refractivity contribution < 1.29 is 22.5 Å². The number of aliphatic hydroxyl groups excluding tert-OH is 1. The number of sulfonamides is 1. The topological polar surface area (TPSA) is 112 Å². The van der Waals surface area contributed by atoms with Crippen LogP contribution in [0.4, 0.5) is 5.82 Å². The highest BCUT2D eigenvalue weighted by Gasteiger charge is 2.43. The number of hydrogen-bond acceptors (Lipinski definition) is 8. The summed E-state index contributed by atoms with van der Waals surface area (Å²) in [5, 5.41) is 10.2. The van der Waals surface area contributed by atoms with E-state index in [0.717, 1.165) is 23.7 Å². The van der Waals surface area contributed by atoms with Gasteiger partial charge in [0.05, 0.1) is 17.7 Å². The van der Waals surface area contributed by atoms with Gasteiger partial charge in [0.15, 0.2) is 0 Å². The summed E-state index contributed by atoms with van der Waals surface area (Å²) in [4.78, 5) is 7.19. The molecule has 3 fully saturated rings. The quantitative estimate of drug-likeness (QED) is 0.589. The van der Waals surface area contributed by atoms with Gasteiger partial charge in [0.2, 0.25) is 10.0 Å². The van der Waals surface area contributed by atoms with E-state index in [-0.39, 0.29) is 17.4 Å². The molecule has 0 saturated carbocycles. The van der Waals surface area contributed by atoms with E-state index in [1.54, 1.807) is 10.4 Å². The number of ether oxygens (including phenoxy) is 1. The molecule has 1 aromatic carbocycles. The maximum atomic E-state index is 14.1. The normalized spacial score (nSPS) is 29.6. The van der Waals surface area contributed by atoms with Crippen LogP contribution in [-0.2, 0) is 24.5 Å². The van der Waals surface area contributed by atoms with Gasteiger partial charge in [-0.05, 0) is 57.1 Å². The second kappa shape index (κ2) is 10.8. The van der Waals surface area contributed by atoms with E-state index >= 15 is 0 Å². The van der Waals surface area contributed by atoms with Crippen molar-refractivity contribution in [2.24, 2.45) is 10.3 Å². The predicted octanol–water partition coefficient (Wildman–Crippen LogP) is 2.88. The number of anilines is 1. The SMILES string of the molecule is CCN=S1(=O)CCC2(CC1)CN(c1nc3ccccc3cc1S(=O)(=O)N1CCCC(CCO)C1)CCO2. The number of pyridine rings is 1. The van der Waals surface area contributed by atoms with Gasteiger partial charge in [-0.3, -0.25) is 0 Å². The molecule has 9 nitrogen and oxygen atoms in total. The van der Waals surface area contributed by atoms with Crippen molar-refractivity contribution in [3.05, 3.63) is 30.3 Å². The second-order valence-corrected chi connectivity index (χ2v) is 15.0. The van der Waals surface area contributed by atoms with Crippen LogP contribution in [-0.4, -0.2) is 90.1 Å². The van der Waals surface area contributed by atoms with E-state index < -0.39 is 25.4 Å². The molecule has 1 N–H and O–H groups in total. The molecule has 3 saturated heterocycles. The number of aromatic nitrogens is 1. The Bertz CT molecular complexity index is 1340. The maximum absolute atomic E-state index is 14.1. The van der Waals surface area contributed by atoms with Gasteiger partial charge in [-0.2, -0.15) is 4.31 Å². The fraction of sp³-hybridized carbons (Fsp3) is 0.654. The third-order valence-corrected chi connectivity index (χ3v) is 12.3. The molecule has 0 bridgehead atoms. The van der Waals surface area contributed by atoms with E-state index in [9.17, 15) is 17.7 Å². The van der Waals surface area contributed by atoms with Gasteiger partial charge in [0.25, 0.3) is 0 Å². The summed E-state index contributed by atoms with van der Waals surface area (Å²) in [6.07, 6.45) is 3.58. The molecule has 1 unspecified atom stereocenters. The first-order chi connectivity index (χ1) is 17.8. The first-order valence-electron chi connectivity index (χ1n) is 13.4. The minimum atomic E-state index is -3.81. The van der Waals surface area contributed by atoms with Crippen LogP contribution in [0.25, 0.3) is 10.9 Å². The second-order valence-electron chi connectivity index (χ2n) is 10.5. The highest BCUT2D eigenvalue weighted by atomic mass is 32.2. The lowest BCUT2D eigenvalue weighted by atomic mass is 9.94. The molecule has 3 aliphatic heterocycles. The number of benzene rings is 1. The Morgan fingerprint density at radius 3 is 2.78 bits per heavy atom. The van der Waals surface area contributed by atoms with E-state index in [0.29, 0.717) is 75.9 Å². The van der Waals surface area contributed by atoms with Crippen LogP contribution in [0.15, 0.2) is 39.6 Å². The van der Waals surface area contributed by atoms with Crippen molar-refractivity contribution in [1.29, 1.82) is 0 Å². The van der Waals surface area contributed by atoms with E-state index in [2.05, 4.69) is 9.26 Å². The van der Waals surface area contributed by atoms with Crippen molar-refractivity contribution in [1.82, 2.24) is 9.29 Å². The van der Waals surface area contributed by atoms with Gasteiger partial charge >= 0.3 is 0 Å². The number of morpholine rings is 1. The fourth-order valence-electron chi connectivity index (χ4n) is 5.92. The Morgan fingerprint density at radius 2 is 2.03 bits per heavy atom. The molecule has 0 radical (unpaired) electrons. The third-order valence-electron chi connectivity index (χ3n) is 7.97. The minimum absolute atomic E-state index is 0.0646. The van der Waals surface area contributed by atoms with Crippen LogP contribution in [0.3, 0.4) is 0 Å². The first-order valence-corrected chi connectivity index (χ1v) is 16.6. The lowest BCUT2D eigenvalue weighted by Crippen LogP contribution is -2.56. The molecular weight excluding hydrogens is 512 g/mol. The zero-order valence-electron chi connectivity index (χ0n) is 21.5. The lowest BCUT2D eigenvalue weighted by molar-refractivity contribution is -0.0616. The molecule has 11 heteroatoms. The predicted molar refractivity (Wildman–Crippen MR) is 146 cm³/mol. The van der Waals surface area contributed by atoms with Crippen LogP contribution < -0.4 is 4.90 Å². The molecule has 204 valence electrons. The lowest BCUT2D eigenvalue weighted by Gasteiger charge is -2.46. The van der Waals surface area contributed by atoms with E-state index in [1.807, 2.05) is 31.2 Å². The standard InChI is InChI=1S/C26H38N4O5S2/c1-2-27-36(32)16-10-26(11-17-36)20-29(13-15-35-26)25-24(18-22-7-3-4-8-23(22)28-25)37(33,34)30-12-5-6-21(19-30)9-14-31/h3-4,7-8,18,21,31H,2,5-6,9-17,19-20H2,1H3. The average Bonchev–Trinajstić information content (AvgIpc) is 2.91. The van der Waals surface area contributed by atoms with Crippen LogP contribution in [0.1, 0.15) is 39.0 Å². The summed E-state index contributed by atoms with van der Waals surface area (Å²) in [5.41, 5.74) is 0.274. The molecule has 1 spiro atoms. The van der Waals surface area contributed by atoms with Crippen molar-refractivity contribution in [3.63, 3.8) is 0 Å². The molecular formula is C26H38N4O5S2. The number of para-hydroxylation sites is 1. The van der Waals surface area contributed by atoms with Gasteiger partial charge in [0, 0.05) is 66.0 Å². The van der Waals surface area contributed by atoms with Gasteiger partial charge in [-0.1, -0.05) is 18.2 Å². The number of fused-ring (bicyclic) bond motifs is 1. The van der Waals surface area contributed by atoms with E-state index in [4.69, 9.17) is 9.72 Å². The molecule has 37 heavy (non-hydrogen) atoms. The molecule has 1 aromatic heterocycles. The number of hydrogen-bond donors (Lipinski definition) is 1. The summed E-state index contributed by atoms with van der Waals surface area (Å²) in [7, 11) is -6.00. The van der Waals surface area contributed by atoms with Gasteiger partial charge in [0.1, 0.15) is 10.7 Å². The van der Waals surface area contributed by atoms with Gasteiger partial charge in [-0.25, -0.2) is 22.0 Å². The molecule has 4 heterocycles. The maximum Gasteiger partial charge on any atom is 0.246 e. The molecule has 0 aliphatic carbocycles. The molecule has 3 aliphatic rings. The van der Waals surface area contributed by atoms with Gasteiger partial charge < -0.3 is 14.7 Å². The fourth-order valence-corrected chi connectivity index (χ4v) is 9.97. The number of nitrogens with zero attached hydrogens (tertiary/aromatic N) is 4. The number of aliphatic hydroxyl groups is 1. The largest absolute Gasteiger partial charge is 0.396 e. The summed E-state index contributed by atoms with van der Waals surface area (Å²) >= 11 is 0. The Labute approximate surface area is 220 Å². The van der Waals surface area contributed by atoms with E-state index in [1.165, 1.54) is 0 Å². The Morgan fingerprint density at radius 1 is 1.24 bits per heavy atom. The Hall–Kier alpha value is -1.79. The Balaban J connectivity index is 1.50. The van der Waals surface area contributed by atoms with Crippen molar-refractivity contribution >= 4 is 36.5 Å². The van der Waals surface area contributed by atoms with Crippen LogP contribution in [0.5, 0.6) is 0 Å². The number of piperidine rings is 1. The number of rotatable bonds is 6. The summed E-state index contributed by atoms with van der Waals surface area (Å²) in [6.45, 7) is 4.93. The van der Waals surface area contributed by atoms with Crippen molar-refractivity contribution in [2.45, 2.75) is 49.5 Å². The minimum Gasteiger partial charge on any atom is -0.396 e. The molecule has 1 atom stereocenters. The first kappa shape index (κ1) is 26.8. The summed E-state index contributed by atoms with van der Waals surface area (Å²) < 4.78 is 53.4. The molecule has 2 aromatic rings. The molecule has 5 rings (SSSR count). The van der Waals surface area contributed by atoms with Crippen LogP contribution in [0, 0.1) is 5.92 Å². The zero-order valence-corrected chi connectivity index (χ0v) is 23.2. The summed E-state index contributed by atoms with van der Waals surface area (Å²) in [5.74, 6) is 1.63. The van der Waals surface area contributed by atoms with Crippen LogP contribution >= 0.6 is 0 Å². The monoisotopic (exact) mass is 550 g/mol. The highest BCUT2D eigenvalue weighted by Crippen LogP contribution is 2.37. The summed E-state index contributed by atoms with van der Waals surface area (Å²) in [6, 6.07) is 9.37. The van der Waals surface area contributed by atoms with Crippen LogP contribution in [0.2, 0.25) is 0 Å². The Kier molecular flexibility index (Phi) is 7.80. The zero-order chi connectivity index (χ0) is 26.1. The molecule has 0 amide bonds. The highest BCUT2D eigenvalue weighted by molar-refractivity contribution is 7.93. The average molecular weight is 551 g/mol. The smallest absolute Gasteiger partial charge is 0.246 e. The third kappa shape index (κ3) is 5.52. The van der Waals surface area contributed by atoms with Crippen molar-refractivity contribution in [2.75, 3.05) is 62.3 Å². The van der Waals surface area contributed by atoms with Crippen molar-refractivity contribution in [3.8, 4) is 0 Å². The van der Waals surface area contributed by atoms with Gasteiger partial charge in [-0.15, -0.1) is 0 Å².